The molecular formula is C44H53N5O9S. The number of fused-ring (bicyclic) bond motifs is 4. The van der Waals surface area contributed by atoms with Gasteiger partial charge in [-0.05, 0) is 52.8 Å². The van der Waals surface area contributed by atoms with E-state index in [0.29, 0.717) is 6.42 Å². The van der Waals surface area contributed by atoms with Gasteiger partial charge in [0.05, 0.1) is 43.3 Å². The number of nitrogens with zero attached hydrogens (tertiary/aromatic N) is 1. The van der Waals surface area contributed by atoms with Crippen LogP contribution in [0.15, 0.2) is 103 Å². The van der Waals surface area contributed by atoms with Gasteiger partial charge in [-0.25, -0.2) is 8.42 Å². The number of amides is 4. The molecule has 2 unspecified atom stereocenters. The summed E-state index contributed by atoms with van der Waals surface area (Å²) in [4.78, 5) is 54.9. The maximum atomic E-state index is 14.0. The molecule has 4 aromatic carbocycles. The van der Waals surface area contributed by atoms with Crippen LogP contribution in [-0.2, 0) is 48.7 Å². The fourth-order valence-corrected chi connectivity index (χ4v) is 7.15. The van der Waals surface area contributed by atoms with E-state index in [1.165, 1.54) is 32.4 Å². The quantitative estimate of drug-likeness (QED) is 0.126. The monoisotopic (exact) mass is 827 g/mol. The molecule has 4 bridgehead atoms. The van der Waals surface area contributed by atoms with Gasteiger partial charge in [-0.3, -0.25) is 23.5 Å². The molecule has 0 saturated heterocycles. The van der Waals surface area contributed by atoms with Crippen molar-refractivity contribution in [3.63, 3.8) is 0 Å². The third-order valence-electron chi connectivity index (χ3n) is 10.2. The number of benzene rings is 4. The van der Waals surface area contributed by atoms with Gasteiger partial charge in [0.1, 0.15) is 12.1 Å². The van der Waals surface area contributed by atoms with Crippen molar-refractivity contribution < 1.29 is 42.2 Å². The van der Waals surface area contributed by atoms with E-state index in [2.05, 4.69) is 21.3 Å². The van der Waals surface area contributed by atoms with Crippen molar-refractivity contribution in [2.24, 2.45) is 5.92 Å². The van der Waals surface area contributed by atoms with Crippen LogP contribution in [0.4, 0.5) is 5.69 Å². The number of sulfonamides is 1. The average Bonchev–Trinajstić information content (AvgIpc) is 3.22. The van der Waals surface area contributed by atoms with Crippen molar-refractivity contribution in [3.05, 3.63) is 137 Å². The van der Waals surface area contributed by atoms with E-state index in [4.69, 9.17) is 9.47 Å². The van der Waals surface area contributed by atoms with Crippen LogP contribution < -0.4 is 25.6 Å². The van der Waals surface area contributed by atoms with E-state index >= 15 is 0 Å². The lowest BCUT2D eigenvalue weighted by Crippen LogP contribution is -2.54. The topological polar surface area (TPSA) is 192 Å². The van der Waals surface area contributed by atoms with Crippen molar-refractivity contribution in [1.82, 2.24) is 21.3 Å². The maximum absolute atomic E-state index is 14.0. The van der Waals surface area contributed by atoms with Gasteiger partial charge < -0.3 is 35.8 Å². The highest BCUT2D eigenvalue weighted by molar-refractivity contribution is 7.92. The summed E-state index contributed by atoms with van der Waals surface area (Å²) in [6.07, 6.45) is -1.51. The lowest BCUT2D eigenvalue weighted by molar-refractivity contribution is -0.137. The first-order valence-electron chi connectivity index (χ1n) is 19.4. The lowest BCUT2D eigenvalue weighted by atomic mass is 9.96. The molecule has 0 radical (unpaired) electrons. The zero-order valence-corrected chi connectivity index (χ0v) is 34.7. The fourth-order valence-electron chi connectivity index (χ4n) is 6.66. The molecule has 5 N–H and O–H groups in total. The van der Waals surface area contributed by atoms with Gasteiger partial charge in [-0.1, -0.05) is 98.8 Å². The highest BCUT2D eigenvalue weighted by Gasteiger charge is 2.33. The number of hydrogen-bond donors (Lipinski definition) is 5. The van der Waals surface area contributed by atoms with Crippen molar-refractivity contribution in [2.45, 2.75) is 70.2 Å². The van der Waals surface area contributed by atoms with E-state index in [-0.39, 0.29) is 54.8 Å². The number of aliphatic hydroxyl groups excluding tert-OH is 1. The fraction of sp³-hybridized carbons (Fsp3) is 0.364. The Bertz CT molecular complexity index is 2190. The predicted octanol–water partition coefficient (Wildman–Crippen LogP) is 3.65. The van der Waals surface area contributed by atoms with Gasteiger partial charge in [-0.15, -0.1) is 0 Å². The molecule has 1 heterocycles. The standard InChI is InChI=1S/C44H53N5O9S/c1-28(2)40(44(54)45-25-30-15-10-7-11-16-30)48-43(53)39(57-4)24-38(50)37-27-58-26-31-17-12-18-32(19-31)36(20-29-13-8-6-9-14-29)46-41(51)33-21-34(42(52)47-37)23-35(22-33)49(3)59(5,55)56/h6-19,21-23,28,36-40,50H,20,24-27H2,1-5H3,(H,45,54)(H,46,51)(H,47,52)(H,48,53)/t36?,37-,38-,39+,40?/m0/s1. The van der Waals surface area contributed by atoms with Crippen LogP contribution in [0.2, 0.25) is 0 Å². The van der Waals surface area contributed by atoms with Crippen molar-refractivity contribution in [1.29, 1.82) is 0 Å². The molecule has 15 heteroatoms. The van der Waals surface area contributed by atoms with Crippen molar-refractivity contribution >= 4 is 39.3 Å². The Labute approximate surface area is 345 Å². The van der Waals surface area contributed by atoms with E-state index in [9.17, 15) is 32.7 Å². The lowest BCUT2D eigenvalue weighted by Gasteiger charge is -2.28. The predicted molar refractivity (Wildman–Crippen MR) is 224 cm³/mol. The van der Waals surface area contributed by atoms with Crippen LogP contribution in [0.25, 0.3) is 0 Å². The molecule has 314 valence electrons. The first kappa shape index (κ1) is 44.5. The normalized spacial score (nSPS) is 17.6. The Morgan fingerprint density at radius 3 is 2.12 bits per heavy atom. The third kappa shape index (κ3) is 12.4. The van der Waals surface area contributed by atoms with Gasteiger partial charge in [-0.2, -0.15) is 0 Å². The molecule has 4 amide bonds. The highest BCUT2D eigenvalue weighted by atomic mass is 32.2. The summed E-state index contributed by atoms with van der Waals surface area (Å²) in [6, 6.07) is 28.0. The third-order valence-corrected chi connectivity index (χ3v) is 11.4. The number of anilines is 1. The molecule has 0 aromatic heterocycles. The maximum Gasteiger partial charge on any atom is 0.251 e. The molecule has 14 nitrogen and oxygen atoms in total. The molecule has 1 aliphatic rings. The second-order valence-corrected chi connectivity index (χ2v) is 17.0. The molecule has 0 saturated carbocycles. The zero-order chi connectivity index (χ0) is 42.7. The van der Waals surface area contributed by atoms with Gasteiger partial charge in [0.2, 0.25) is 21.8 Å². The first-order chi connectivity index (χ1) is 28.1. The minimum absolute atomic E-state index is 0.0317. The molecule has 59 heavy (non-hydrogen) atoms. The summed E-state index contributed by atoms with van der Waals surface area (Å²) in [5.74, 6) is -2.59. The Kier molecular flexibility index (Phi) is 15.4. The molecule has 5 rings (SSSR count). The second kappa shape index (κ2) is 20.4. The van der Waals surface area contributed by atoms with Gasteiger partial charge in [0.15, 0.2) is 0 Å². The number of nitrogens with one attached hydrogen (secondary N) is 4. The van der Waals surface area contributed by atoms with Crippen LogP contribution in [0.3, 0.4) is 0 Å². The minimum atomic E-state index is -3.81. The number of carbonyl (C=O) groups excluding carboxylic acids is 4. The Hall–Kier alpha value is -5.61. The smallest absolute Gasteiger partial charge is 0.251 e. The highest BCUT2D eigenvalue weighted by Crippen LogP contribution is 2.25. The van der Waals surface area contributed by atoms with Crippen molar-refractivity contribution in [2.75, 3.05) is 31.3 Å². The largest absolute Gasteiger partial charge is 0.391 e. The molecule has 5 atom stereocenters. The first-order valence-corrected chi connectivity index (χ1v) is 21.2. The molecular weight excluding hydrogens is 775 g/mol. The number of aliphatic hydroxyl groups is 1. The summed E-state index contributed by atoms with van der Waals surface area (Å²) < 4.78 is 37.9. The van der Waals surface area contributed by atoms with Gasteiger partial charge in [0.25, 0.3) is 11.8 Å². The van der Waals surface area contributed by atoms with Crippen LogP contribution >= 0.6 is 0 Å². The summed E-state index contributed by atoms with van der Waals surface area (Å²) in [5, 5.41) is 23.1. The molecule has 0 spiro atoms. The average molecular weight is 828 g/mol. The molecule has 0 fully saturated rings. The number of ether oxygens (including phenoxy) is 2. The minimum Gasteiger partial charge on any atom is -0.391 e. The molecule has 1 aliphatic heterocycles. The summed E-state index contributed by atoms with van der Waals surface area (Å²) >= 11 is 0. The zero-order valence-electron chi connectivity index (χ0n) is 33.9. The second-order valence-electron chi connectivity index (χ2n) is 15.0. The van der Waals surface area contributed by atoms with E-state index in [1.54, 1.807) is 13.8 Å². The van der Waals surface area contributed by atoms with Crippen molar-refractivity contribution in [3.8, 4) is 0 Å². The van der Waals surface area contributed by atoms with Crippen LogP contribution in [0, 0.1) is 5.92 Å². The van der Waals surface area contributed by atoms with E-state index in [0.717, 1.165) is 32.8 Å². The number of hydrogen-bond acceptors (Lipinski definition) is 9. The molecule has 0 aliphatic carbocycles. The summed E-state index contributed by atoms with van der Waals surface area (Å²) in [5.41, 5.74) is 3.45. The van der Waals surface area contributed by atoms with E-state index in [1.807, 2.05) is 84.9 Å². The summed E-state index contributed by atoms with van der Waals surface area (Å²) in [6.45, 7) is 3.74. The van der Waals surface area contributed by atoms with Crippen LogP contribution in [-0.4, -0.2) is 88.5 Å². The summed E-state index contributed by atoms with van der Waals surface area (Å²) in [7, 11) is -1.20. The number of carbonyl (C=O) groups is 4. The van der Waals surface area contributed by atoms with Crippen LogP contribution in [0.5, 0.6) is 0 Å². The molecule has 4 aromatic rings. The Morgan fingerprint density at radius 2 is 1.51 bits per heavy atom. The number of rotatable bonds is 14. The Balaban J connectivity index is 1.42. The van der Waals surface area contributed by atoms with E-state index < -0.39 is 58.1 Å². The van der Waals surface area contributed by atoms with Gasteiger partial charge in [0, 0.05) is 38.2 Å². The van der Waals surface area contributed by atoms with Crippen LogP contribution in [0.1, 0.15) is 69.3 Å². The SMILES string of the molecule is CO[C@H](C[C@H](O)[C@@H]1COCc2cccc(c2)C(Cc2ccccc2)NC(=O)c2cc(cc(N(C)S(C)(=O)=O)c2)C(=O)N1)C(=O)NC(C(=O)NCc1ccccc1)C(C)C. The number of methoxy groups -OCH3 is 1. The Morgan fingerprint density at radius 1 is 0.881 bits per heavy atom. The van der Waals surface area contributed by atoms with Gasteiger partial charge >= 0.3 is 0 Å².